The number of hydrogen-bond acceptors (Lipinski definition) is 5. The van der Waals surface area contributed by atoms with Crippen molar-refractivity contribution in [2.45, 2.75) is 37.3 Å². The fraction of sp³-hybridized carbons (Fsp3) is 0.545. The molecule has 6 nitrogen and oxygen atoms in total. The molecule has 7 heteroatoms. The molecule has 2 aromatic rings. The molecule has 18 heavy (non-hydrogen) atoms. The monoisotopic (exact) mass is 266 g/mol. The highest BCUT2D eigenvalue weighted by atomic mass is 32.2. The topological polar surface area (TPSA) is 74.6 Å². The Morgan fingerprint density at radius 2 is 2.22 bits per heavy atom. The molecule has 0 aromatic carbocycles. The molecule has 0 atom stereocenters. The minimum Gasteiger partial charge on any atom is -0.334 e. The number of imidazole rings is 1. The summed E-state index contributed by atoms with van der Waals surface area (Å²) in [5.74, 6) is 1.65. The molecule has 0 amide bonds. The summed E-state index contributed by atoms with van der Waals surface area (Å²) in [6.45, 7) is 3.58. The first-order valence-corrected chi connectivity index (χ1v) is 6.95. The molecule has 0 saturated heterocycles. The molecule has 2 aromatic heterocycles. The molecular formula is C11H18N6S. The summed E-state index contributed by atoms with van der Waals surface area (Å²) in [5, 5.41) is 9.05. The van der Waals surface area contributed by atoms with Crippen LogP contribution in [0.4, 0.5) is 0 Å². The number of aromatic nitrogens is 5. The summed E-state index contributed by atoms with van der Waals surface area (Å²) in [7, 11) is 1.94. The standard InChI is InChI=1S/C11H18N6S/c1-3-4-17-8-13-6-9(17)7-18-11-15-14-10(5-12)16(11)2/h6,8H,3-5,7,12H2,1-2H3. The van der Waals surface area contributed by atoms with Gasteiger partial charge in [0.05, 0.1) is 12.9 Å². The van der Waals surface area contributed by atoms with Gasteiger partial charge in [-0.3, -0.25) is 0 Å². The van der Waals surface area contributed by atoms with E-state index in [1.807, 2.05) is 24.1 Å². The van der Waals surface area contributed by atoms with Crippen LogP contribution in [0, 0.1) is 0 Å². The van der Waals surface area contributed by atoms with Crippen LogP contribution in [-0.2, 0) is 25.9 Å². The number of nitrogens with zero attached hydrogens (tertiary/aromatic N) is 5. The van der Waals surface area contributed by atoms with Crippen LogP contribution < -0.4 is 5.73 Å². The molecule has 0 fully saturated rings. The molecular weight excluding hydrogens is 248 g/mol. The largest absolute Gasteiger partial charge is 0.334 e. The van der Waals surface area contributed by atoms with E-state index in [4.69, 9.17) is 5.73 Å². The van der Waals surface area contributed by atoms with Crippen LogP contribution in [-0.4, -0.2) is 24.3 Å². The van der Waals surface area contributed by atoms with Gasteiger partial charge >= 0.3 is 0 Å². The number of rotatable bonds is 6. The minimum atomic E-state index is 0.415. The van der Waals surface area contributed by atoms with Gasteiger partial charge in [0.1, 0.15) is 5.82 Å². The van der Waals surface area contributed by atoms with Crippen molar-refractivity contribution in [1.82, 2.24) is 24.3 Å². The van der Waals surface area contributed by atoms with Gasteiger partial charge < -0.3 is 14.9 Å². The lowest BCUT2D eigenvalue weighted by Crippen LogP contribution is -2.05. The van der Waals surface area contributed by atoms with Crippen molar-refractivity contribution in [3.8, 4) is 0 Å². The quantitative estimate of drug-likeness (QED) is 0.794. The van der Waals surface area contributed by atoms with E-state index in [9.17, 15) is 0 Å². The Morgan fingerprint density at radius 1 is 1.39 bits per heavy atom. The summed E-state index contributed by atoms with van der Waals surface area (Å²) < 4.78 is 4.11. The third-order valence-electron chi connectivity index (χ3n) is 2.72. The Hall–Kier alpha value is -1.34. The van der Waals surface area contributed by atoms with Crippen molar-refractivity contribution < 1.29 is 0 Å². The molecule has 0 saturated carbocycles. The maximum absolute atomic E-state index is 5.57. The Kier molecular flexibility index (Phi) is 4.38. The first kappa shape index (κ1) is 13.1. The lowest BCUT2D eigenvalue weighted by atomic mass is 10.4. The first-order valence-electron chi connectivity index (χ1n) is 5.96. The average Bonchev–Trinajstić information content (AvgIpc) is 2.94. The number of nitrogens with two attached hydrogens (primary N) is 1. The lowest BCUT2D eigenvalue weighted by Gasteiger charge is -2.06. The van der Waals surface area contributed by atoms with Crippen LogP contribution in [0.5, 0.6) is 0 Å². The van der Waals surface area contributed by atoms with Gasteiger partial charge in [-0.15, -0.1) is 10.2 Å². The number of thioether (sulfide) groups is 1. The Morgan fingerprint density at radius 3 is 2.89 bits per heavy atom. The molecule has 2 heterocycles. The van der Waals surface area contributed by atoms with Crippen LogP contribution in [0.2, 0.25) is 0 Å². The Bertz CT molecular complexity index is 503. The summed E-state index contributed by atoms with van der Waals surface area (Å²) in [4.78, 5) is 4.18. The van der Waals surface area contributed by atoms with Gasteiger partial charge in [-0.1, -0.05) is 18.7 Å². The van der Waals surface area contributed by atoms with Crippen molar-refractivity contribution in [2.24, 2.45) is 12.8 Å². The molecule has 0 radical (unpaired) electrons. The van der Waals surface area contributed by atoms with Crippen LogP contribution >= 0.6 is 11.8 Å². The average molecular weight is 266 g/mol. The van der Waals surface area contributed by atoms with Crippen LogP contribution in [0.25, 0.3) is 0 Å². The number of hydrogen-bond donors (Lipinski definition) is 1. The molecule has 2 rings (SSSR count). The van der Waals surface area contributed by atoms with Crippen molar-refractivity contribution in [3.63, 3.8) is 0 Å². The van der Waals surface area contributed by atoms with E-state index in [-0.39, 0.29) is 0 Å². The van der Waals surface area contributed by atoms with Gasteiger partial charge in [-0.05, 0) is 6.42 Å². The van der Waals surface area contributed by atoms with E-state index < -0.39 is 0 Å². The highest BCUT2D eigenvalue weighted by Crippen LogP contribution is 2.20. The van der Waals surface area contributed by atoms with Crippen molar-refractivity contribution in [1.29, 1.82) is 0 Å². The van der Waals surface area contributed by atoms with Gasteiger partial charge in [0.15, 0.2) is 5.16 Å². The van der Waals surface area contributed by atoms with Crippen molar-refractivity contribution in [2.75, 3.05) is 0 Å². The summed E-state index contributed by atoms with van der Waals surface area (Å²) in [6, 6.07) is 0. The molecule has 0 aliphatic carbocycles. The fourth-order valence-electron chi connectivity index (χ4n) is 1.70. The van der Waals surface area contributed by atoms with E-state index in [1.54, 1.807) is 11.8 Å². The summed E-state index contributed by atoms with van der Waals surface area (Å²) >= 11 is 1.65. The maximum Gasteiger partial charge on any atom is 0.191 e. The maximum atomic E-state index is 5.57. The molecule has 0 aliphatic rings. The van der Waals surface area contributed by atoms with E-state index in [0.717, 1.165) is 29.7 Å². The Balaban J connectivity index is 2.02. The highest BCUT2D eigenvalue weighted by molar-refractivity contribution is 7.98. The second-order valence-corrected chi connectivity index (χ2v) is 4.97. The first-order chi connectivity index (χ1) is 8.76. The fourth-order valence-corrected chi connectivity index (χ4v) is 2.61. The van der Waals surface area contributed by atoms with Crippen LogP contribution in [0.3, 0.4) is 0 Å². The van der Waals surface area contributed by atoms with Gasteiger partial charge in [0.2, 0.25) is 0 Å². The predicted molar refractivity (Wildman–Crippen MR) is 71.0 cm³/mol. The molecule has 0 unspecified atom stereocenters. The highest BCUT2D eigenvalue weighted by Gasteiger charge is 2.09. The van der Waals surface area contributed by atoms with Crippen molar-refractivity contribution >= 4 is 11.8 Å². The van der Waals surface area contributed by atoms with E-state index >= 15 is 0 Å². The van der Waals surface area contributed by atoms with E-state index in [0.29, 0.717) is 6.54 Å². The molecule has 0 bridgehead atoms. The molecule has 98 valence electrons. The minimum absolute atomic E-state index is 0.415. The van der Waals surface area contributed by atoms with Crippen LogP contribution in [0.15, 0.2) is 17.7 Å². The smallest absolute Gasteiger partial charge is 0.191 e. The zero-order valence-corrected chi connectivity index (χ0v) is 11.5. The predicted octanol–water partition coefficient (Wildman–Crippen LogP) is 1.17. The van der Waals surface area contributed by atoms with Gasteiger partial charge in [0, 0.05) is 31.2 Å². The third-order valence-corrected chi connectivity index (χ3v) is 3.77. The molecule has 2 N–H and O–H groups in total. The molecule has 0 spiro atoms. The van der Waals surface area contributed by atoms with Crippen LogP contribution in [0.1, 0.15) is 24.9 Å². The third kappa shape index (κ3) is 2.73. The summed E-state index contributed by atoms with van der Waals surface area (Å²) in [6.07, 6.45) is 4.89. The SMILES string of the molecule is CCCn1cncc1CSc1nnc(CN)n1C. The Labute approximate surface area is 111 Å². The van der Waals surface area contributed by atoms with Crippen molar-refractivity contribution in [3.05, 3.63) is 24.0 Å². The van der Waals surface area contributed by atoms with E-state index in [2.05, 4.69) is 26.7 Å². The number of aryl methyl sites for hydroxylation is 1. The van der Waals surface area contributed by atoms with E-state index in [1.165, 1.54) is 5.69 Å². The normalized spacial score (nSPS) is 11.1. The second-order valence-electron chi connectivity index (χ2n) is 4.03. The van der Waals surface area contributed by atoms with Gasteiger partial charge in [0.25, 0.3) is 0 Å². The zero-order chi connectivity index (χ0) is 13.0. The van der Waals surface area contributed by atoms with Gasteiger partial charge in [-0.2, -0.15) is 0 Å². The summed E-state index contributed by atoms with van der Waals surface area (Å²) in [5.41, 5.74) is 6.78. The molecule has 0 aliphatic heterocycles. The van der Waals surface area contributed by atoms with Gasteiger partial charge in [-0.25, -0.2) is 4.98 Å². The lowest BCUT2D eigenvalue weighted by molar-refractivity contribution is 0.659. The second kappa shape index (κ2) is 6.01. The zero-order valence-electron chi connectivity index (χ0n) is 10.7.